The molecule has 1 saturated carbocycles. The zero-order valence-electron chi connectivity index (χ0n) is 11.3. The van der Waals surface area contributed by atoms with Gasteiger partial charge in [0.25, 0.3) is 5.91 Å². The van der Waals surface area contributed by atoms with Gasteiger partial charge in [0.05, 0.1) is 5.56 Å². The molecule has 1 fully saturated rings. The van der Waals surface area contributed by atoms with Gasteiger partial charge >= 0.3 is 0 Å². The number of amides is 1. The van der Waals surface area contributed by atoms with Gasteiger partial charge in [0.15, 0.2) is 11.6 Å². The highest BCUT2D eigenvalue weighted by Gasteiger charge is 2.27. The fraction of sp³-hybridized carbons (Fsp3) is 0.533. The lowest BCUT2D eigenvalue weighted by molar-refractivity contribution is 0.0666. The van der Waals surface area contributed by atoms with Gasteiger partial charge in [-0.1, -0.05) is 25.8 Å². The van der Waals surface area contributed by atoms with Crippen molar-refractivity contribution >= 4 is 5.91 Å². The largest absolute Gasteiger partial charge is 0.339 e. The van der Waals surface area contributed by atoms with Crippen LogP contribution in [0.5, 0.6) is 0 Å². The van der Waals surface area contributed by atoms with E-state index in [9.17, 15) is 13.6 Å². The number of hydrogen-bond donors (Lipinski definition) is 0. The van der Waals surface area contributed by atoms with Crippen LogP contribution in [0.4, 0.5) is 8.78 Å². The van der Waals surface area contributed by atoms with Crippen molar-refractivity contribution in [1.82, 2.24) is 4.90 Å². The maximum absolute atomic E-state index is 13.6. The van der Waals surface area contributed by atoms with Gasteiger partial charge in [0.1, 0.15) is 0 Å². The lowest BCUT2D eigenvalue weighted by Gasteiger charge is -2.34. The van der Waals surface area contributed by atoms with Crippen molar-refractivity contribution in [3.8, 4) is 0 Å². The number of nitrogens with zero attached hydrogens (tertiary/aromatic N) is 1. The van der Waals surface area contributed by atoms with E-state index >= 15 is 0 Å². The Kier molecular flexibility index (Phi) is 4.17. The van der Waals surface area contributed by atoms with Crippen molar-refractivity contribution < 1.29 is 13.6 Å². The van der Waals surface area contributed by atoms with E-state index in [1.165, 1.54) is 18.6 Å². The lowest BCUT2D eigenvalue weighted by Crippen LogP contribution is -2.40. The first-order valence-corrected chi connectivity index (χ1v) is 6.72. The number of halogens is 2. The third-order valence-corrected chi connectivity index (χ3v) is 3.96. The Balaban J connectivity index is 2.16. The van der Waals surface area contributed by atoms with Gasteiger partial charge in [-0.2, -0.15) is 0 Å². The van der Waals surface area contributed by atoms with E-state index in [4.69, 9.17) is 0 Å². The third kappa shape index (κ3) is 2.94. The Bertz CT molecular complexity index is 475. The first kappa shape index (κ1) is 14.0. The molecule has 1 aliphatic carbocycles. The molecule has 1 aromatic carbocycles. The average molecular weight is 267 g/mol. The molecule has 0 radical (unpaired) electrons. The molecule has 0 heterocycles. The van der Waals surface area contributed by atoms with Gasteiger partial charge in [0.2, 0.25) is 0 Å². The van der Waals surface area contributed by atoms with Crippen LogP contribution in [0, 0.1) is 17.6 Å². The minimum Gasteiger partial charge on any atom is -0.339 e. The van der Waals surface area contributed by atoms with Crippen LogP contribution in [0.15, 0.2) is 18.2 Å². The molecular weight excluding hydrogens is 248 g/mol. The molecule has 0 aromatic heterocycles. The van der Waals surface area contributed by atoms with Crippen LogP contribution in [-0.2, 0) is 0 Å². The molecular formula is C15H19F2NO. The second kappa shape index (κ2) is 5.68. The first-order chi connectivity index (χ1) is 9.00. The molecule has 1 aliphatic rings. The molecule has 2 unspecified atom stereocenters. The van der Waals surface area contributed by atoms with E-state index < -0.39 is 17.5 Å². The van der Waals surface area contributed by atoms with Crippen LogP contribution in [0.3, 0.4) is 0 Å². The van der Waals surface area contributed by atoms with Crippen molar-refractivity contribution in [3.05, 3.63) is 35.4 Å². The maximum Gasteiger partial charge on any atom is 0.256 e. The van der Waals surface area contributed by atoms with Crippen LogP contribution in [-0.4, -0.2) is 23.9 Å². The lowest BCUT2D eigenvalue weighted by atomic mass is 9.86. The van der Waals surface area contributed by atoms with E-state index in [2.05, 4.69) is 6.92 Å². The minimum absolute atomic E-state index is 0.124. The number of rotatable bonds is 2. The molecule has 1 aromatic rings. The summed E-state index contributed by atoms with van der Waals surface area (Å²) in [6.45, 7) is 2.16. The van der Waals surface area contributed by atoms with E-state index in [1.807, 2.05) is 0 Å². The van der Waals surface area contributed by atoms with Gasteiger partial charge in [-0.15, -0.1) is 0 Å². The fourth-order valence-corrected chi connectivity index (χ4v) is 2.78. The molecule has 0 saturated heterocycles. The smallest absolute Gasteiger partial charge is 0.256 e. The Morgan fingerprint density at radius 3 is 2.74 bits per heavy atom. The topological polar surface area (TPSA) is 20.3 Å². The molecule has 0 aliphatic heterocycles. The molecule has 0 spiro atoms. The van der Waals surface area contributed by atoms with Gasteiger partial charge in [-0.25, -0.2) is 8.78 Å². The molecule has 0 bridgehead atoms. The molecule has 2 atom stereocenters. The summed E-state index contributed by atoms with van der Waals surface area (Å²) in [5.74, 6) is -1.89. The van der Waals surface area contributed by atoms with Crippen LogP contribution in [0.2, 0.25) is 0 Å². The summed E-state index contributed by atoms with van der Waals surface area (Å²) < 4.78 is 26.8. The van der Waals surface area contributed by atoms with Crippen LogP contribution in [0.25, 0.3) is 0 Å². The summed E-state index contributed by atoms with van der Waals surface area (Å²) in [5.41, 5.74) is -0.180. The van der Waals surface area contributed by atoms with Crippen LogP contribution >= 0.6 is 0 Å². The SMILES string of the molecule is CC1CCCC(N(C)C(=O)c2cccc(F)c2F)C1. The Hall–Kier alpha value is -1.45. The first-order valence-electron chi connectivity index (χ1n) is 6.72. The highest BCUT2D eigenvalue weighted by atomic mass is 19.2. The van der Waals surface area contributed by atoms with Crippen molar-refractivity contribution in [2.45, 2.75) is 38.6 Å². The van der Waals surface area contributed by atoms with Crippen molar-refractivity contribution in [1.29, 1.82) is 0 Å². The number of carbonyl (C=O) groups is 1. The molecule has 19 heavy (non-hydrogen) atoms. The zero-order chi connectivity index (χ0) is 14.0. The number of hydrogen-bond acceptors (Lipinski definition) is 1. The Labute approximate surface area is 112 Å². The van der Waals surface area contributed by atoms with E-state index in [1.54, 1.807) is 11.9 Å². The Morgan fingerprint density at radius 1 is 1.32 bits per heavy atom. The summed E-state index contributed by atoms with van der Waals surface area (Å²) in [5, 5.41) is 0. The highest BCUT2D eigenvalue weighted by Crippen LogP contribution is 2.27. The van der Waals surface area contributed by atoms with Crippen LogP contribution < -0.4 is 0 Å². The highest BCUT2D eigenvalue weighted by molar-refractivity contribution is 5.94. The molecule has 0 N–H and O–H groups in total. The quantitative estimate of drug-likeness (QED) is 0.801. The fourth-order valence-electron chi connectivity index (χ4n) is 2.78. The normalized spacial score (nSPS) is 23.2. The summed E-state index contributed by atoms with van der Waals surface area (Å²) in [6.07, 6.45) is 4.12. The molecule has 1 amide bonds. The van der Waals surface area contributed by atoms with Gasteiger partial charge in [-0.05, 0) is 30.9 Å². The Morgan fingerprint density at radius 2 is 2.05 bits per heavy atom. The zero-order valence-corrected chi connectivity index (χ0v) is 11.3. The standard InChI is InChI=1S/C15H19F2NO/c1-10-5-3-6-11(9-10)18(2)15(19)12-7-4-8-13(16)14(12)17/h4,7-8,10-11H,3,5-6,9H2,1-2H3. The van der Waals surface area contributed by atoms with E-state index in [0.717, 1.165) is 25.3 Å². The molecule has 2 nitrogen and oxygen atoms in total. The molecule has 104 valence electrons. The van der Waals surface area contributed by atoms with Gasteiger partial charge in [-0.3, -0.25) is 4.79 Å². The maximum atomic E-state index is 13.6. The van der Waals surface area contributed by atoms with E-state index in [0.29, 0.717) is 5.92 Å². The number of carbonyl (C=O) groups excluding carboxylic acids is 1. The molecule has 2 rings (SSSR count). The van der Waals surface area contributed by atoms with Gasteiger partial charge in [0, 0.05) is 13.1 Å². The monoisotopic (exact) mass is 267 g/mol. The third-order valence-electron chi connectivity index (χ3n) is 3.96. The van der Waals surface area contributed by atoms with Crippen molar-refractivity contribution in [2.24, 2.45) is 5.92 Å². The summed E-state index contributed by atoms with van der Waals surface area (Å²) in [6, 6.07) is 3.85. The minimum atomic E-state index is -1.05. The van der Waals surface area contributed by atoms with Crippen molar-refractivity contribution in [3.63, 3.8) is 0 Å². The second-order valence-electron chi connectivity index (χ2n) is 5.44. The van der Waals surface area contributed by atoms with Gasteiger partial charge < -0.3 is 4.90 Å². The van der Waals surface area contributed by atoms with Crippen molar-refractivity contribution in [2.75, 3.05) is 7.05 Å². The number of benzene rings is 1. The predicted molar refractivity (Wildman–Crippen MR) is 69.9 cm³/mol. The summed E-state index contributed by atoms with van der Waals surface area (Å²) in [7, 11) is 1.68. The average Bonchev–Trinajstić information content (AvgIpc) is 2.40. The van der Waals surface area contributed by atoms with Crippen LogP contribution in [0.1, 0.15) is 43.0 Å². The summed E-state index contributed by atoms with van der Waals surface area (Å²) >= 11 is 0. The predicted octanol–water partition coefficient (Wildman–Crippen LogP) is 3.62. The second-order valence-corrected chi connectivity index (χ2v) is 5.44. The summed E-state index contributed by atoms with van der Waals surface area (Å²) in [4.78, 5) is 13.8. The molecule has 4 heteroatoms. The van der Waals surface area contributed by atoms with E-state index in [-0.39, 0.29) is 11.6 Å².